The van der Waals surface area contributed by atoms with E-state index in [9.17, 15) is 9.46 Å². The number of aromatic nitrogens is 1. The van der Waals surface area contributed by atoms with E-state index in [-0.39, 0.29) is 12.4 Å². The van der Waals surface area contributed by atoms with Crippen LogP contribution in [0.5, 0.6) is 0 Å². The lowest BCUT2D eigenvalue weighted by molar-refractivity contribution is -0.897. The molecular formula is C12H19N2O3P. The second-order valence-electron chi connectivity index (χ2n) is 4.66. The highest BCUT2D eigenvalue weighted by Gasteiger charge is 2.20. The Morgan fingerprint density at radius 1 is 1.33 bits per heavy atom. The van der Waals surface area contributed by atoms with Crippen LogP contribution in [0.1, 0.15) is 5.56 Å². The van der Waals surface area contributed by atoms with E-state index in [1.165, 1.54) is 0 Å². The average molecular weight is 270 g/mol. The van der Waals surface area contributed by atoms with Crippen molar-refractivity contribution in [1.82, 2.24) is 4.98 Å². The number of rotatable bonds is 5. The molecule has 1 aliphatic heterocycles. The van der Waals surface area contributed by atoms with Gasteiger partial charge >= 0.3 is 0 Å². The molecule has 2 rings (SSSR count). The zero-order chi connectivity index (χ0) is 12.8. The zero-order valence-electron chi connectivity index (χ0n) is 10.4. The average Bonchev–Trinajstić information content (AvgIpc) is 2.38. The summed E-state index contributed by atoms with van der Waals surface area (Å²) in [6, 6.07) is 3.73. The third kappa shape index (κ3) is 4.50. The van der Waals surface area contributed by atoms with Crippen LogP contribution in [-0.2, 0) is 15.7 Å². The van der Waals surface area contributed by atoms with Gasteiger partial charge in [-0.1, -0.05) is 0 Å². The molecule has 1 aliphatic rings. The van der Waals surface area contributed by atoms with Crippen molar-refractivity contribution in [3.05, 3.63) is 30.1 Å². The maximum absolute atomic E-state index is 12.0. The van der Waals surface area contributed by atoms with Gasteiger partial charge in [0, 0.05) is 12.4 Å². The van der Waals surface area contributed by atoms with Crippen LogP contribution in [0.4, 0.5) is 0 Å². The summed E-state index contributed by atoms with van der Waals surface area (Å²) in [7, 11) is -3.29. The van der Waals surface area contributed by atoms with Crippen molar-refractivity contribution in [2.75, 3.05) is 38.8 Å². The van der Waals surface area contributed by atoms with Crippen molar-refractivity contribution in [2.24, 2.45) is 0 Å². The monoisotopic (exact) mass is 270 g/mol. The smallest absolute Gasteiger partial charge is 0.117 e. The van der Waals surface area contributed by atoms with E-state index >= 15 is 0 Å². The van der Waals surface area contributed by atoms with E-state index in [4.69, 9.17) is 4.74 Å². The summed E-state index contributed by atoms with van der Waals surface area (Å²) < 4.78 is 17.2. The molecule has 0 aromatic carbocycles. The van der Waals surface area contributed by atoms with Crippen molar-refractivity contribution in [3.8, 4) is 0 Å². The van der Waals surface area contributed by atoms with Crippen LogP contribution < -0.4 is 9.79 Å². The summed E-state index contributed by atoms with van der Waals surface area (Å²) in [6.45, 7) is 2.92. The Morgan fingerprint density at radius 3 is 2.67 bits per heavy atom. The lowest BCUT2D eigenvalue weighted by Crippen LogP contribution is -3.14. The Hall–Kier alpha value is -0.740. The van der Waals surface area contributed by atoms with E-state index in [1.807, 2.05) is 12.1 Å². The minimum atomic E-state index is -3.29. The predicted octanol–water partition coefficient (Wildman–Crippen LogP) is -0.865. The van der Waals surface area contributed by atoms with Crippen LogP contribution in [0.25, 0.3) is 0 Å². The molecule has 100 valence electrons. The molecule has 0 saturated carbocycles. The normalized spacial score (nSPS) is 20.5. The largest absolute Gasteiger partial charge is 0.795 e. The standard InChI is InChI=1S/C12H19N2O3P/c15-18(16,11-14-6-8-17-9-7-14)10-3-12-1-4-13-5-2-12/h1-2,4-5H,3,6-11H2,(H,15,16). The van der Waals surface area contributed by atoms with Gasteiger partial charge in [-0.15, -0.1) is 0 Å². The quantitative estimate of drug-likeness (QED) is 0.707. The molecule has 0 radical (unpaired) electrons. The Kier molecular flexibility index (Phi) is 4.89. The van der Waals surface area contributed by atoms with E-state index in [0.29, 0.717) is 19.6 Å². The van der Waals surface area contributed by atoms with Crippen molar-refractivity contribution in [2.45, 2.75) is 6.42 Å². The SMILES string of the molecule is O=P([O-])(CCc1ccncc1)C[NH+]1CCOCC1. The maximum Gasteiger partial charge on any atom is 0.117 e. The molecule has 1 aromatic rings. The van der Waals surface area contributed by atoms with Crippen LogP contribution >= 0.6 is 7.37 Å². The fraction of sp³-hybridized carbons (Fsp3) is 0.583. The molecule has 1 aromatic heterocycles. The number of aryl methyl sites for hydroxylation is 1. The molecule has 0 amide bonds. The Morgan fingerprint density at radius 2 is 2.00 bits per heavy atom. The number of quaternary nitrogens is 1. The zero-order valence-corrected chi connectivity index (χ0v) is 11.3. The summed E-state index contributed by atoms with van der Waals surface area (Å²) in [5, 5.41) is 0. The summed E-state index contributed by atoms with van der Waals surface area (Å²) >= 11 is 0. The van der Waals surface area contributed by atoms with Gasteiger partial charge in [-0.2, -0.15) is 0 Å². The summed E-state index contributed by atoms with van der Waals surface area (Å²) in [5.41, 5.74) is 1.03. The highest BCUT2D eigenvalue weighted by atomic mass is 31.2. The summed E-state index contributed by atoms with van der Waals surface area (Å²) in [5.74, 6) is 0. The number of pyridine rings is 1. The molecule has 2 heterocycles. The lowest BCUT2D eigenvalue weighted by atomic mass is 10.2. The Balaban J connectivity index is 1.81. The minimum absolute atomic E-state index is 0.237. The van der Waals surface area contributed by atoms with E-state index in [1.54, 1.807) is 12.4 Å². The number of ether oxygens (including phenoxy) is 1. The lowest BCUT2D eigenvalue weighted by Gasteiger charge is -2.30. The van der Waals surface area contributed by atoms with Gasteiger partial charge in [0.05, 0.1) is 20.6 Å². The number of nitrogens with zero attached hydrogens (tertiary/aromatic N) is 1. The fourth-order valence-electron chi connectivity index (χ4n) is 2.09. The highest BCUT2D eigenvalue weighted by Crippen LogP contribution is 2.33. The second-order valence-corrected chi connectivity index (χ2v) is 7.06. The number of hydrogen-bond acceptors (Lipinski definition) is 4. The van der Waals surface area contributed by atoms with Gasteiger partial charge in [0.25, 0.3) is 0 Å². The highest BCUT2D eigenvalue weighted by molar-refractivity contribution is 7.56. The Bertz CT molecular complexity index is 407. The first-order valence-electron chi connectivity index (χ1n) is 6.25. The number of morpholine rings is 1. The second kappa shape index (κ2) is 6.43. The molecule has 1 unspecified atom stereocenters. The van der Waals surface area contributed by atoms with Gasteiger partial charge in [0.2, 0.25) is 0 Å². The van der Waals surface area contributed by atoms with Crippen LogP contribution in [0, 0.1) is 0 Å². The Labute approximate surface area is 107 Å². The van der Waals surface area contributed by atoms with Gasteiger partial charge in [0.15, 0.2) is 0 Å². The van der Waals surface area contributed by atoms with Crippen LogP contribution in [0.3, 0.4) is 0 Å². The first-order valence-corrected chi connectivity index (χ1v) is 8.24. The van der Waals surface area contributed by atoms with Crippen LogP contribution in [0.15, 0.2) is 24.5 Å². The van der Waals surface area contributed by atoms with E-state index in [2.05, 4.69) is 4.98 Å². The molecule has 1 N–H and O–H groups in total. The number of nitrogens with one attached hydrogen (secondary N) is 1. The first kappa shape index (κ1) is 13.7. The number of hydrogen-bond donors (Lipinski definition) is 1. The third-order valence-corrected chi connectivity index (χ3v) is 4.99. The molecule has 1 saturated heterocycles. The van der Waals surface area contributed by atoms with E-state index < -0.39 is 7.37 Å². The van der Waals surface area contributed by atoms with Gasteiger partial charge in [0.1, 0.15) is 19.4 Å². The summed E-state index contributed by atoms with van der Waals surface area (Å²) in [4.78, 5) is 17.1. The van der Waals surface area contributed by atoms with Gasteiger partial charge in [-0.05, 0) is 30.3 Å². The molecule has 6 heteroatoms. The van der Waals surface area contributed by atoms with Gasteiger partial charge in [-0.25, -0.2) is 0 Å². The van der Waals surface area contributed by atoms with Crippen molar-refractivity contribution >= 4 is 7.37 Å². The molecule has 0 aliphatic carbocycles. The van der Waals surface area contributed by atoms with Gasteiger partial charge in [-0.3, -0.25) is 4.98 Å². The van der Waals surface area contributed by atoms with Crippen molar-refractivity contribution < 1.29 is 19.1 Å². The summed E-state index contributed by atoms with van der Waals surface area (Å²) in [6.07, 6.45) is 4.45. The van der Waals surface area contributed by atoms with Gasteiger partial charge < -0.3 is 19.1 Å². The first-order chi connectivity index (χ1) is 8.66. The van der Waals surface area contributed by atoms with Crippen LogP contribution in [0.2, 0.25) is 0 Å². The van der Waals surface area contributed by atoms with Crippen LogP contribution in [-0.4, -0.2) is 43.7 Å². The third-order valence-electron chi connectivity index (χ3n) is 3.15. The maximum atomic E-state index is 12.0. The molecule has 1 fully saturated rings. The molecule has 1 atom stereocenters. The molecule has 0 spiro atoms. The van der Waals surface area contributed by atoms with E-state index in [0.717, 1.165) is 23.6 Å². The molecule has 0 bridgehead atoms. The topological polar surface area (TPSA) is 66.7 Å². The molecular weight excluding hydrogens is 251 g/mol. The molecule has 18 heavy (non-hydrogen) atoms. The minimum Gasteiger partial charge on any atom is -0.795 e. The van der Waals surface area contributed by atoms with Crippen molar-refractivity contribution in [1.29, 1.82) is 0 Å². The molecule has 5 nitrogen and oxygen atoms in total. The van der Waals surface area contributed by atoms with Crippen molar-refractivity contribution in [3.63, 3.8) is 0 Å². The predicted molar refractivity (Wildman–Crippen MR) is 66.8 cm³/mol. The fourth-order valence-corrected chi connectivity index (χ4v) is 3.84.